The van der Waals surface area contributed by atoms with E-state index in [0.717, 1.165) is 12.8 Å². The number of rotatable bonds is 12. The van der Waals surface area contributed by atoms with Crippen molar-refractivity contribution in [2.24, 2.45) is 0 Å². The van der Waals surface area contributed by atoms with Crippen molar-refractivity contribution in [3.8, 4) is 11.5 Å². The summed E-state index contributed by atoms with van der Waals surface area (Å²) < 4.78 is 21.3. The average Bonchev–Trinajstić information content (AvgIpc) is 3.76. The van der Waals surface area contributed by atoms with Crippen molar-refractivity contribution in [3.63, 3.8) is 0 Å². The summed E-state index contributed by atoms with van der Waals surface area (Å²) in [7, 11) is 4.24. The van der Waals surface area contributed by atoms with Crippen molar-refractivity contribution in [2.45, 2.75) is 25.0 Å². The second kappa shape index (κ2) is 14.5. The Kier molecular flexibility index (Phi) is 10.5. The number of anilines is 1. The van der Waals surface area contributed by atoms with Crippen molar-refractivity contribution in [2.75, 3.05) is 45.9 Å². The van der Waals surface area contributed by atoms with Crippen molar-refractivity contribution in [1.82, 2.24) is 10.6 Å². The number of thiophene rings is 1. The van der Waals surface area contributed by atoms with E-state index in [4.69, 9.17) is 18.9 Å². The van der Waals surface area contributed by atoms with E-state index in [-0.39, 0.29) is 18.2 Å². The van der Waals surface area contributed by atoms with Gasteiger partial charge in [-0.3, -0.25) is 19.3 Å². The number of ether oxygens (including phenoxy) is 4. The number of benzene rings is 2. The van der Waals surface area contributed by atoms with Gasteiger partial charge in [0.25, 0.3) is 5.91 Å². The van der Waals surface area contributed by atoms with Crippen LogP contribution in [0.2, 0.25) is 0 Å². The van der Waals surface area contributed by atoms with Crippen LogP contribution in [0.3, 0.4) is 0 Å². The van der Waals surface area contributed by atoms with Crippen LogP contribution in [0.15, 0.2) is 60.0 Å². The number of esters is 1. The molecule has 0 bridgehead atoms. The minimum Gasteiger partial charge on any atom is -0.493 e. The van der Waals surface area contributed by atoms with E-state index in [1.165, 1.54) is 49.7 Å². The predicted octanol–water partition coefficient (Wildman–Crippen LogP) is 3.35. The van der Waals surface area contributed by atoms with Crippen LogP contribution < -0.4 is 25.0 Å². The third kappa shape index (κ3) is 7.25. The van der Waals surface area contributed by atoms with Gasteiger partial charge in [0, 0.05) is 18.8 Å². The minimum atomic E-state index is -1.18. The third-order valence-corrected chi connectivity index (χ3v) is 7.61. The summed E-state index contributed by atoms with van der Waals surface area (Å²) >= 11 is 1.25. The Morgan fingerprint density at radius 1 is 1.00 bits per heavy atom. The molecule has 12 heteroatoms. The highest BCUT2D eigenvalue weighted by Gasteiger charge is 2.34. The molecule has 11 nitrogen and oxygen atoms in total. The molecule has 222 valence electrons. The zero-order valence-corrected chi connectivity index (χ0v) is 24.4. The molecule has 0 aliphatic carbocycles. The second-order valence-electron chi connectivity index (χ2n) is 9.36. The lowest BCUT2D eigenvalue weighted by atomic mass is 10.0. The van der Waals surface area contributed by atoms with Crippen LogP contribution >= 0.6 is 11.3 Å². The molecule has 0 saturated carbocycles. The van der Waals surface area contributed by atoms with E-state index in [1.807, 2.05) is 0 Å². The molecule has 3 amide bonds. The van der Waals surface area contributed by atoms with Crippen molar-refractivity contribution in [1.29, 1.82) is 0 Å². The molecule has 1 aliphatic heterocycles. The predicted molar refractivity (Wildman–Crippen MR) is 156 cm³/mol. The van der Waals surface area contributed by atoms with Gasteiger partial charge in [-0.2, -0.15) is 0 Å². The standard InChI is InChI=1S/C30H33N3O8S/c1-38-23-13-10-20(16-24(23)39-2)27(29(36)31-17-22-6-4-14-41-22)33(21-11-8-19(9-12-21)30(37)40-3)26(34)18-32-28(35)25-7-5-15-42-25/h5,7-13,15-16,22,27H,4,6,14,17-18H2,1-3H3,(H,31,36)(H,32,35). The molecule has 1 fully saturated rings. The Hall–Kier alpha value is -4.42. The van der Waals surface area contributed by atoms with Gasteiger partial charge in [-0.1, -0.05) is 12.1 Å². The Morgan fingerprint density at radius 3 is 2.38 bits per heavy atom. The summed E-state index contributed by atoms with van der Waals surface area (Å²) in [6, 6.07) is 13.3. The summed E-state index contributed by atoms with van der Waals surface area (Å²) in [5.74, 6) is -1.17. The molecule has 42 heavy (non-hydrogen) atoms. The Morgan fingerprint density at radius 2 is 1.76 bits per heavy atom. The summed E-state index contributed by atoms with van der Waals surface area (Å²) in [4.78, 5) is 54.3. The van der Waals surface area contributed by atoms with Gasteiger partial charge in [0.15, 0.2) is 11.5 Å². The first-order valence-electron chi connectivity index (χ1n) is 13.3. The van der Waals surface area contributed by atoms with Crippen molar-refractivity contribution < 1.29 is 38.1 Å². The quantitative estimate of drug-likeness (QED) is 0.305. The molecule has 2 aromatic carbocycles. The van der Waals surface area contributed by atoms with E-state index in [1.54, 1.807) is 47.8 Å². The topological polar surface area (TPSA) is 132 Å². The molecule has 1 aromatic heterocycles. The van der Waals surface area contributed by atoms with Gasteiger partial charge in [-0.05, 0) is 66.2 Å². The zero-order chi connectivity index (χ0) is 30.1. The van der Waals surface area contributed by atoms with E-state index >= 15 is 0 Å². The van der Waals surface area contributed by atoms with Crippen molar-refractivity contribution in [3.05, 3.63) is 76.0 Å². The van der Waals surface area contributed by atoms with Crippen LogP contribution in [-0.2, 0) is 19.1 Å². The van der Waals surface area contributed by atoms with Gasteiger partial charge in [0.2, 0.25) is 11.8 Å². The maximum Gasteiger partial charge on any atom is 0.337 e. The number of hydrogen-bond acceptors (Lipinski definition) is 9. The first-order valence-corrected chi connectivity index (χ1v) is 14.2. The highest BCUT2D eigenvalue weighted by Crippen LogP contribution is 2.34. The van der Waals surface area contributed by atoms with Crippen LogP contribution in [-0.4, -0.2) is 70.8 Å². The first kappa shape index (κ1) is 30.5. The number of hydrogen-bond donors (Lipinski definition) is 2. The first-order chi connectivity index (χ1) is 20.4. The molecule has 0 spiro atoms. The molecule has 2 N–H and O–H groups in total. The van der Waals surface area contributed by atoms with E-state index in [0.29, 0.717) is 34.2 Å². The number of carbonyl (C=O) groups excluding carboxylic acids is 4. The molecule has 2 heterocycles. The second-order valence-corrected chi connectivity index (χ2v) is 10.3. The van der Waals surface area contributed by atoms with Crippen LogP contribution in [0.4, 0.5) is 5.69 Å². The molecular formula is C30H33N3O8S. The number of amides is 3. The summed E-state index contributed by atoms with van der Waals surface area (Å²) in [6.45, 7) is 0.500. The van der Waals surface area contributed by atoms with Crippen LogP contribution in [0, 0.1) is 0 Å². The van der Waals surface area contributed by atoms with Gasteiger partial charge in [-0.25, -0.2) is 4.79 Å². The Labute approximate surface area is 247 Å². The third-order valence-electron chi connectivity index (χ3n) is 6.74. The normalized spacial score (nSPS) is 14.9. The fourth-order valence-corrected chi connectivity index (χ4v) is 5.25. The smallest absolute Gasteiger partial charge is 0.337 e. The van der Waals surface area contributed by atoms with E-state index in [9.17, 15) is 19.2 Å². The fraction of sp³-hybridized carbons (Fsp3) is 0.333. The summed E-state index contributed by atoms with van der Waals surface area (Å²) in [6.07, 6.45) is 1.59. The van der Waals surface area contributed by atoms with Gasteiger partial charge >= 0.3 is 5.97 Å². The maximum atomic E-state index is 13.9. The van der Waals surface area contributed by atoms with Gasteiger partial charge in [-0.15, -0.1) is 11.3 Å². The monoisotopic (exact) mass is 595 g/mol. The van der Waals surface area contributed by atoms with E-state index < -0.39 is 36.3 Å². The average molecular weight is 596 g/mol. The van der Waals surface area contributed by atoms with Crippen LogP contribution in [0.1, 0.15) is 44.5 Å². The van der Waals surface area contributed by atoms with Crippen LogP contribution in [0.5, 0.6) is 11.5 Å². The van der Waals surface area contributed by atoms with Gasteiger partial charge in [0.05, 0.1) is 44.4 Å². The van der Waals surface area contributed by atoms with Crippen LogP contribution in [0.25, 0.3) is 0 Å². The number of nitrogens with zero attached hydrogens (tertiary/aromatic N) is 1. The SMILES string of the molecule is COC(=O)c1ccc(N(C(=O)CNC(=O)c2cccs2)C(C(=O)NCC2CCCO2)c2ccc(OC)c(OC)c2)cc1. The Bertz CT molecular complexity index is 1390. The maximum absolute atomic E-state index is 13.9. The lowest BCUT2D eigenvalue weighted by Gasteiger charge is -2.32. The Balaban J connectivity index is 1.74. The van der Waals surface area contributed by atoms with Crippen molar-refractivity contribution >= 4 is 40.7 Å². The molecule has 2 atom stereocenters. The molecule has 4 rings (SSSR count). The summed E-state index contributed by atoms with van der Waals surface area (Å²) in [5.41, 5.74) is 1.03. The summed E-state index contributed by atoms with van der Waals surface area (Å²) in [5, 5.41) is 7.34. The zero-order valence-electron chi connectivity index (χ0n) is 23.6. The van der Waals surface area contributed by atoms with Gasteiger partial charge in [0.1, 0.15) is 6.04 Å². The lowest BCUT2D eigenvalue weighted by Crippen LogP contribution is -2.48. The minimum absolute atomic E-state index is 0.131. The number of nitrogens with one attached hydrogen (secondary N) is 2. The van der Waals surface area contributed by atoms with Gasteiger partial charge < -0.3 is 29.6 Å². The van der Waals surface area contributed by atoms with E-state index in [2.05, 4.69) is 10.6 Å². The molecular weight excluding hydrogens is 562 g/mol. The highest BCUT2D eigenvalue weighted by atomic mass is 32.1. The molecule has 2 unspecified atom stereocenters. The number of methoxy groups -OCH3 is 3. The lowest BCUT2D eigenvalue weighted by molar-refractivity contribution is -0.126. The molecule has 3 aromatic rings. The molecule has 1 aliphatic rings. The largest absolute Gasteiger partial charge is 0.493 e. The fourth-order valence-electron chi connectivity index (χ4n) is 4.61. The highest BCUT2D eigenvalue weighted by molar-refractivity contribution is 7.12. The molecule has 1 saturated heterocycles. The molecule has 0 radical (unpaired) electrons. The number of carbonyl (C=O) groups is 4.